The Morgan fingerprint density at radius 3 is 2.92 bits per heavy atom. The molecule has 1 aromatic heterocycles. The van der Waals surface area contributed by atoms with Gasteiger partial charge in [-0.25, -0.2) is 14.5 Å². The molecule has 1 N–H and O–H groups in total. The minimum Gasteiger partial charge on any atom is -0.401 e. The van der Waals surface area contributed by atoms with Gasteiger partial charge in [0.25, 0.3) is 0 Å². The van der Waals surface area contributed by atoms with Gasteiger partial charge in [0, 0.05) is 6.54 Å². The Bertz CT molecular complexity index is 306. The lowest BCUT2D eigenvalue weighted by molar-refractivity contribution is -0.0585. The van der Waals surface area contributed by atoms with Crippen molar-refractivity contribution in [2.45, 2.75) is 20.1 Å². The van der Waals surface area contributed by atoms with E-state index in [-0.39, 0.29) is 6.54 Å². The molecular formula is C5H7F2N3O2. The monoisotopic (exact) mass is 179 g/mol. The lowest BCUT2D eigenvalue weighted by atomic mass is 10.7. The number of H-pyrrole nitrogens is 1. The molecular weight excluding hydrogens is 172 g/mol. The maximum atomic E-state index is 11.7. The molecule has 1 aromatic rings. The number of hydrogen-bond acceptors (Lipinski definition) is 3. The molecule has 0 aliphatic heterocycles. The van der Waals surface area contributed by atoms with Crippen molar-refractivity contribution in [3.63, 3.8) is 0 Å². The average Bonchev–Trinajstić information content (AvgIpc) is 2.30. The molecule has 0 saturated heterocycles. The fourth-order valence-corrected chi connectivity index (χ4v) is 0.752. The van der Waals surface area contributed by atoms with Gasteiger partial charge in [-0.1, -0.05) is 0 Å². The summed E-state index contributed by atoms with van der Waals surface area (Å²) >= 11 is 0. The van der Waals surface area contributed by atoms with Crippen LogP contribution >= 0.6 is 0 Å². The van der Waals surface area contributed by atoms with Crippen molar-refractivity contribution in [2.75, 3.05) is 0 Å². The normalized spacial score (nSPS) is 10.7. The van der Waals surface area contributed by atoms with Crippen molar-refractivity contribution >= 4 is 0 Å². The van der Waals surface area contributed by atoms with Crippen molar-refractivity contribution in [1.29, 1.82) is 0 Å². The molecule has 7 heteroatoms. The number of rotatable bonds is 3. The smallest absolute Gasteiger partial charge is 0.389 e. The molecule has 1 rings (SSSR count). The number of nitrogens with one attached hydrogen (secondary N) is 1. The summed E-state index contributed by atoms with van der Waals surface area (Å²) in [5.74, 6) is 0. The molecule has 1 heterocycles. The maximum Gasteiger partial charge on any atom is 0.389 e. The van der Waals surface area contributed by atoms with Gasteiger partial charge < -0.3 is 4.74 Å². The third-order valence-corrected chi connectivity index (χ3v) is 1.23. The highest BCUT2D eigenvalue weighted by atomic mass is 19.3. The van der Waals surface area contributed by atoms with Crippen molar-refractivity contribution in [2.24, 2.45) is 0 Å². The van der Waals surface area contributed by atoms with E-state index in [4.69, 9.17) is 0 Å². The molecule has 0 aliphatic carbocycles. The predicted octanol–water partition coefficient (Wildman–Crippen LogP) is 0.193. The summed E-state index contributed by atoms with van der Waals surface area (Å²) in [4.78, 5) is 10.8. The average molecular weight is 179 g/mol. The second kappa shape index (κ2) is 3.33. The lowest BCUT2D eigenvalue weighted by Gasteiger charge is -2.02. The third kappa shape index (κ3) is 1.60. The Morgan fingerprint density at radius 2 is 2.42 bits per heavy atom. The lowest BCUT2D eigenvalue weighted by Crippen LogP contribution is -2.17. The molecule has 0 radical (unpaired) electrons. The summed E-state index contributed by atoms with van der Waals surface area (Å²) in [5.41, 5.74) is -0.562. The molecule has 12 heavy (non-hydrogen) atoms. The van der Waals surface area contributed by atoms with Crippen LogP contribution in [0.15, 0.2) is 4.79 Å². The molecule has 0 unspecified atom stereocenters. The number of alkyl halides is 2. The van der Waals surface area contributed by atoms with Crippen molar-refractivity contribution in [3.05, 3.63) is 10.5 Å². The number of hydrogen-bond donors (Lipinski definition) is 1. The van der Waals surface area contributed by atoms with E-state index in [0.717, 1.165) is 4.57 Å². The SMILES string of the molecule is CCn1c(OC(F)F)n[nH]c1=O. The van der Waals surface area contributed by atoms with Crippen LogP contribution in [0.5, 0.6) is 6.01 Å². The molecule has 0 bridgehead atoms. The third-order valence-electron chi connectivity index (χ3n) is 1.23. The summed E-state index contributed by atoms with van der Waals surface area (Å²) in [6.07, 6.45) is 0. The van der Waals surface area contributed by atoms with Crippen LogP contribution in [0.2, 0.25) is 0 Å². The Morgan fingerprint density at radius 1 is 1.75 bits per heavy atom. The Labute approximate surface area is 66.0 Å². The Kier molecular flexibility index (Phi) is 2.41. The zero-order chi connectivity index (χ0) is 9.14. The van der Waals surface area contributed by atoms with E-state index in [9.17, 15) is 13.6 Å². The van der Waals surface area contributed by atoms with Crippen molar-refractivity contribution in [1.82, 2.24) is 14.8 Å². The number of halogens is 2. The molecule has 0 atom stereocenters. The number of ether oxygens (including phenoxy) is 1. The fourth-order valence-electron chi connectivity index (χ4n) is 0.752. The number of aromatic nitrogens is 3. The maximum absolute atomic E-state index is 11.7. The summed E-state index contributed by atoms with van der Waals surface area (Å²) in [6.45, 7) is -1.11. The van der Waals surface area contributed by atoms with Gasteiger partial charge >= 0.3 is 18.3 Å². The standard InChI is InChI=1S/C5H7F2N3O2/c1-2-10-4(11)8-9-5(10)12-3(6)7/h3H,2H2,1H3,(H,8,11). The minimum atomic E-state index is -2.97. The first kappa shape index (κ1) is 8.69. The summed E-state index contributed by atoms with van der Waals surface area (Å²) in [7, 11) is 0. The van der Waals surface area contributed by atoms with Crippen molar-refractivity contribution in [3.8, 4) is 6.01 Å². The van der Waals surface area contributed by atoms with Gasteiger partial charge in [0.15, 0.2) is 0 Å². The van der Waals surface area contributed by atoms with Crippen LogP contribution < -0.4 is 10.4 Å². The fraction of sp³-hybridized carbons (Fsp3) is 0.600. The van der Waals surface area contributed by atoms with Crippen molar-refractivity contribution < 1.29 is 13.5 Å². The van der Waals surface area contributed by atoms with E-state index in [1.807, 2.05) is 5.10 Å². The molecule has 0 spiro atoms. The van der Waals surface area contributed by atoms with E-state index >= 15 is 0 Å². The largest absolute Gasteiger partial charge is 0.401 e. The topological polar surface area (TPSA) is 59.9 Å². The minimum absolute atomic E-state index is 0.234. The van der Waals surface area contributed by atoms with Crippen LogP contribution in [0.4, 0.5) is 8.78 Å². The van der Waals surface area contributed by atoms with E-state index < -0.39 is 18.3 Å². The second-order valence-electron chi connectivity index (χ2n) is 1.93. The van der Waals surface area contributed by atoms with Gasteiger partial charge in [0.1, 0.15) is 0 Å². The van der Waals surface area contributed by atoms with Gasteiger partial charge in [-0.3, -0.25) is 0 Å². The molecule has 0 saturated carbocycles. The molecule has 5 nitrogen and oxygen atoms in total. The molecule has 0 fully saturated rings. The Hall–Kier alpha value is -1.40. The van der Waals surface area contributed by atoms with Crippen LogP contribution in [0.3, 0.4) is 0 Å². The van der Waals surface area contributed by atoms with E-state index in [1.54, 1.807) is 6.92 Å². The highest BCUT2D eigenvalue weighted by Gasteiger charge is 2.12. The zero-order valence-corrected chi connectivity index (χ0v) is 6.25. The zero-order valence-electron chi connectivity index (χ0n) is 6.25. The molecule has 0 aromatic carbocycles. The quantitative estimate of drug-likeness (QED) is 0.720. The first-order valence-electron chi connectivity index (χ1n) is 3.25. The first-order valence-corrected chi connectivity index (χ1v) is 3.25. The molecule has 0 aliphatic rings. The van der Waals surface area contributed by atoms with Crippen LogP contribution in [-0.4, -0.2) is 21.4 Å². The van der Waals surface area contributed by atoms with Gasteiger partial charge in [-0.05, 0) is 6.92 Å². The Balaban J connectivity index is 2.92. The summed E-state index contributed by atoms with van der Waals surface area (Å²) in [5, 5.41) is 5.24. The van der Waals surface area contributed by atoms with Gasteiger partial charge in [0.05, 0.1) is 0 Å². The van der Waals surface area contributed by atoms with E-state index in [1.165, 1.54) is 0 Å². The second-order valence-corrected chi connectivity index (χ2v) is 1.93. The summed E-state index contributed by atoms with van der Waals surface area (Å²) < 4.78 is 28.2. The van der Waals surface area contributed by atoms with Gasteiger partial charge in [-0.2, -0.15) is 8.78 Å². The predicted molar refractivity (Wildman–Crippen MR) is 35.2 cm³/mol. The van der Waals surface area contributed by atoms with E-state index in [2.05, 4.69) is 9.84 Å². The number of aromatic amines is 1. The van der Waals surface area contributed by atoms with Gasteiger partial charge in [-0.15, -0.1) is 5.10 Å². The van der Waals surface area contributed by atoms with Gasteiger partial charge in [0.2, 0.25) is 0 Å². The van der Waals surface area contributed by atoms with E-state index in [0.29, 0.717) is 0 Å². The van der Waals surface area contributed by atoms with Crippen LogP contribution in [0, 0.1) is 0 Å². The highest BCUT2D eigenvalue weighted by molar-refractivity contribution is 4.91. The molecule has 68 valence electrons. The van der Waals surface area contributed by atoms with Crippen LogP contribution in [0.1, 0.15) is 6.92 Å². The van der Waals surface area contributed by atoms with Crippen LogP contribution in [0.25, 0.3) is 0 Å². The van der Waals surface area contributed by atoms with Crippen LogP contribution in [-0.2, 0) is 6.54 Å². The first-order chi connectivity index (χ1) is 5.65. The number of nitrogens with zero attached hydrogens (tertiary/aromatic N) is 2. The summed E-state index contributed by atoms with van der Waals surface area (Å²) in [6, 6.07) is -0.391. The molecule has 0 amide bonds. The highest BCUT2D eigenvalue weighted by Crippen LogP contribution is 2.05.